The minimum atomic E-state index is -0.519. The molecule has 3 amide bonds. The van der Waals surface area contributed by atoms with Crippen LogP contribution in [0.3, 0.4) is 0 Å². The van der Waals surface area contributed by atoms with Gasteiger partial charge in [0.15, 0.2) is 0 Å². The zero-order chi connectivity index (χ0) is 25.8. The van der Waals surface area contributed by atoms with Crippen LogP contribution in [0.15, 0.2) is 70.0 Å². The van der Waals surface area contributed by atoms with Gasteiger partial charge in [0.25, 0.3) is 11.1 Å². The van der Waals surface area contributed by atoms with E-state index in [2.05, 4.69) is 21.2 Å². The summed E-state index contributed by atoms with van der Waals surface area (Å²) in [7, 11) is 0. The quantitative estimate of drug-likeness (QED) is 0.331. The van der Waals surface area contributed by atoms with Gasteiger partial charge < -0.3 is 10.1 Å². The molecule has 0 bridgehead atoms. The Morgan fingerprint density at radius 1 is 1.08 bits per heavy atom. The van der Waals surface area contributed by atoms with Crippen molar-refractivity contribution in [2.75, 3.05) is 11.9 Å². The molecule has 0 aromatic heterocycles. The zero-order valence-electron chi connectivity index (χ0n) is 19.5. The van der Waals surface area contributed by atoms with Gasteiger partial charge in [0.1, 0.15) is 24.7 Å². The first-order valence-corrected chi connectivity index (χ1v) is 12.6. The van der Waals surface area contributed by atoms with Crippen molar-refractivity contribution >= 4 is 56.5 Å². The van der Waals surface area contributed by atoms with Crippen LogP contribution >= 0.6 is 27.7 Å². The van der Waals surface area contributed by atoms with Crippen molar-refractivity contribution in [3.8, 4) is 5.75 Å². The number of para-hydroxylation sites is 1. The maximum Gasteiger partial charge on any atom is 0.294 e. The summed E-state index contributed by atoms with van der Waals surface area (Å²) >= 11 is 4.25. The summed E-state index contributed by atoms with van der Waals surface area (Å²) in [5.74, 6) is -0.695. The van der Waals surface area contributed by atoms with E-state index in [1.54, 1.807) is 36.4 Å². The lowest BCUT2D eigenvalue weighted by Gasteiger charge is -2.15. The van der Waals surface area contributed by atoms with Crippen molar-refractivity contribution in [3.63, 3.8) is 0 Å². The van der Waals surface area contributed by atoms with Crippen LogP contribution in [0.2, 0.25) is 0 Å². The van der Waals surface area contributed by atoms with Crippen LogP contribution in [-0.4, -0.2) is 28.5 Å². The molecular weight excluding hydrogens is 547 g/mol. The highest BCUT2D eigenvalue weighted by Crippen LogP contribution is 2.34. The number of aryl methyl sites for hydroxylation is 2. The molecule has 1 aliphatic rings. The Labute approximate surface area is 220 Å². The lowest BCUT2D eigenvalue weighted by molar-refractivity contribution is -0.127. The van der Waals surface area contributed by atoms with Gasteiger partial charge in [-0.2, -0.15) is 0 Å². The minimum absolute atomic E-state index is 0.228. The molecule has 0 spiro atoms. The number of carbonyl (C=O) groups excluding carboxylic acids is 3. The van der Waals surface area contributed by atoms with E-state index in [9.17, 15) is 18.8 Å². The number of imide groups is 1. The number of amides is 3. The maximum atomic E-state index is 13.1. The van der Waals surface area contributed by atoms with Crippen LogP contribution in [0, 0.1) is 19.7 Å². The SMILES string of the molecule is Cc1cccc(C)c1NC(=O)CN1C(=O)S/C(=C\c2ccc(OCc3ccc(F)cc3)c(Br)c2)C1=O. The molecule has 184 valence electrons. The minimum Gasteiger partial charge on any atom is -0.488 e. The van der Waals surface area contributed by atoms with Gasteiger partial charge in [-0.25, -0.2) is 4.39 Å². The molecule has 0 aliphatic carbocycles. The third kappa shape index (κ3) is 6.03. The van der Waals surface area contributed by atoms with Crippen molar-refractivity contribution in [2.24, 2.45) is 0 Å². The van der Waals surface area contributed by atoms with Crippen LogP contribution in [-0.2, 0) is 16.2 Å². The van der Waals surface area contributed by atoms with Gasteiger partial charge in [0.05, 0.1) is 9.38 Å². The summed E-state index contributed by atoms with van der Waals surface area (Å²) in [5, 5.41) is 2.30. The summed E-state index contributed by atoms with van der Waals surface area (Å²) in [6.07, 6.45) is 1.60. The predicted molar refractivity (Wildman–Crippen MR) is 142 cm³/mol. The average molecular weight is 569 g/mol. The highest BCUT2D eigenvalue weighted by molar-refractivity contribution is 9.10. The van der Waals surface area contributed by atoms with Crippen molar-refractivity contribution in [1.29, 1.82) is 0 Å². The number of hydrogen-bond donors (Lipinski definition) is 1. The van der Waals surface area contributed by atoms with Gasteiger partial charge in [-0.3, -0.25) is 19.3 Å². The van der Waals surface area contributed by atoms with Crippen LogP contribution in [0.5, 0.6) is 5.75 Å². The van der Waals surface area contributed by atoms with E-state index < -0.39 is 17.1 Å². The van der Waals surface area contributed by atoms with E-state index in [1.165, 1.54) is 12.1 Å². The molecule has 0 saturated carbocycles. The number of nitrogens with one attached hydrogen (secondary N) is 1. The number of rotatable bonds is 7. The van der Waals surface area contributed by atoms with Crippen molar-refractivity contribution in [1.82, 2.24) is 4.90 Å². The van der Waals surface area contributed by atoms with E-state index in [4.69, 9.17) is 4.74 Å². The smallest absolute Gasteiger partial charge is 0.294 e. The Balaban J connectivity index is 1.41. The fourth-order valence-electron chi connectivity index (χ4n) is 3.59. The molecule has 1 saturated heterocycles. The molecule has 6 nitrogen and oxygen atoms in total. The van der Waals surface area contributed by atoms with Crippen LogP contribution in [0.1, 0.15) is 22.3 Å². The number of hydrogen-bond acceptors (Lipinski definition) is 5. The third-order valence-electron chi connectivity index (χ3n) is 5.48. The molecule has 0 unspecified atom stereocenters. The van der Waals surface area contributed by atoms with Gasteiger partial charge in [0, 0.05) is 5.69 Å². The van der Waals surface area contributed by atoms with E-state index >= 15 is 0 Å². The van der Waals surface area contributed by atoms with Crippen LogP contribution in [0.25, 0.3) is 6.08 Å². The summed E-state index contributed by atoms with van der Waals surface area (Å²) in [6.45, 7) is 3.66. The Morgan fingerprint density at radius 3 is 2.44 bits per heavy atom. The second-order valence-electron chi connectivity index (χ2n) is 8.19. The maximum absolute atomic E-state index is 13.1. The largest absolute Gasteiger partial charge is 0.488 e. The Bertz CT molecular complexity index is 1350. The van der Waals surface area contributed by atoms with Crippen LogP contribution in [0.4, 0.5) is 14.9 Å². The molecule has 36 heavy (non-hydrogen) atoms. The molecule has 3 aromatic carbocycles. The summed E-state index contributed by atoms with van der Waals surface area (Å²) in [4.78, 5) is 39.0. The monoisotopic (exact) mass is 568 g/mol. The second kappa shape index (κ2) is 11.1. The number of ether oxygens (including phenoxy) is 1. The molecule has 1 N–H and O–H groups in total. The first-order valence-electron chi connectivity index (χ1n) is 11.0. The Morgan fingerprint density at radius 2 is 1.78 bits per heavy atom. The number of nitrogens with zero attached hydrogens (tertiary/aromatic N) is 1. The lowest BCUT2D eigenvalue weighted by atomic mass is 10.1. The number of benzene rings is 3. The average Bonchev–Trinajstić information content (AvgIpc) is 3.09. The summed E-state index contributed by atoms with van der Waals surface area (Å²) < 4.78 is 19.5. The Hall–Kier alpha value is -3.43. The fraction of sp³-hybridized carbons (Fsp3) is 0.148. The van der Waals surface area contributed by atoms with E-state index in [1.807, 2.05) is 32.0 Å². The topological polar surface area (TPSA) is 75.7 Å². The summed E-state index contributed by atoms with van der Waals surface area (Å²) in [6, 6.07) is 17.0. The van der Waals surface area contributed by atoms with Crippen LogP contribution < -0.4 is 10.1 Å². The molecule has 1 fully saturated rings. The van der Waals surface area contributed by atoms with E-state index in [0.717, 1.165) is 33.4 Å². The normalized spacial score (nSPS) is 14.4. The molecule has 3 aromatic rings. The van der Waals surface area contributed by atoms with Gasteiger partial charge in [-0.1, -0.05) is 36.4 Å². The molecule has 1 heterocycles. The zero-order valence-corrected chi connectivity index (χ0v) is 21.9. The third-order valence-corrected chi connectivity index (χ3v) is 7.01. The number of anilines is 1. The number of halogens is 2. The predicted octanol–water partition coefficient (Wildman–Crippen LogP) is 6.46. The summed E-state index contributed by atoms with van der Waals surface area (Å²) in [5.41, 5.74) is 3.97. The first kappa shape index (κ1) is 25.7. The fourth-order valence-corrected chi connectivity index (χ4v) is 4.94. The van der Waals surface area contributed by atoms with Crippen molar-refractivity contribution in [2.45, 2.75) is 20.5 Å². The molecule has 4 rings (SSSR count). The molecule has 9 heteroatoms. The molecule has 0 atom stereocenters. The molecular formula is C27H22BrFN2O4S. The van der Waals surface area contributed by atoms with Crippen molar-refractivity contribution < 1.29 is 23.5 Å². The van der Waals surface area contributed by atoms with Gasteiger partial charge in [-0.15, -0.1) is 0 Å². The van der Waals surface area contributed by atoms with Gasteiger partial charge >= 0.3 is 0 Å². The molecule has 1 aliphatic heterocycles. The lowest BCUT2D eigenvalue weighted by Crippen LogP contribution is -2.36. The van der Waals surface area contributed by atoms with Gasteiger partial charge in [-0.05, 0) is 94.1 Å². The van der Waals surface area contributed by atoms with Crippen molar-refractivity contribution in [3.05, 3.63) is 98.1 Å². The number of carbonyl (C=O) groups is 3. The number of thioether (sulfide) groups is 1. The first-order chi connectivity index (χ1) is 17.2. The van der Waals surface area contributed by atoms with Gasteiger partial charge in [0.2, 0.25) is 5.91 Å². The molecule has 0 radical (unpaired) electrons. The highest BCUT2D eigenvalue weighted by Gasteiger charge is 2.36. The highest BCUT2D eigenvalue weighted by atomic mass is 79.9. The van der Waals surface area contributed by atoms with E-state index in [0.29, 0.717) is 21.5 Å². The standard InChI is InChI=1S/C27H22BrFN2O4S/c1-16-4-3-5-17(2)25(16)30-24(32)14-31-26(33)23(36-27(31)34)13-19-8-11-22(21(28)12-19)35-15-18-6-9-20(29)10-7-18/h3-13H,14-15H2,1-2H3,(H,30,32)/b23-13-. The Kier molecular flexibility index (Phi) is 7.91. The van der Waals surface area contributed by atoms with E-state index in [-0.39, 0.29) is 23.9 Å². The second-order valence-corrected chi connectivity index (χ2v) is 10.0.